The molecule has 0 aromatic heterocycles. The van der Waals surface area contributed by atoms with E-state index in [4.69, 9.17) is 0 Å². The summed E-state index contributed by atoms with van der Waals surface area (Å²) >= 11 is 0. The number of hydrogen-bond acceptors (Lipinski definition) is 1. The highest BCUT2D eigenvalue weighted by molar-refractivity contribution is 5.77. The van der Waals surface area contributed by atoms with E-state index in [1.807, 2.05) is 0 Å². The Kier molecular flexibility index (Phi) is 7.22. The molecule has 1 nitrogen and oxygen atoms in total. The second kappa shape index (κ2) is 8.60. The minimum Gasteiger partial charge on any atom is -0.507 e. The van der Waals surface area contributed by atoms with E-state index in [1.165, 1.54) is 27.8 Å². The maximum absolute atomic E-state index is 12.0. The lowest BCUT2D eigenvalue weighted by Crippen LogP contribution is -2.46. The Morgan fingerprint density at radius 2 is 1.48 bits per heavy atom. The van der Waals surface area contributed by atoms with Crippen LogP contribution in [-0.2, 0) is 17.3 Å². The van der Waals surface area contributed by atoms with Crippen LogP contribution in [0.1, 0.15) is 124 Å². The van der Waals surface area contributed by atoms with Crippen LogP contribution in [0.5, 0.6) is 5.75 Å². The Hall–Kier alpha value is -1.24. The van der Waals surface area contributed by atoms with Crippen LogP contribution in [0.25, 0.3) is 5.57 Å². The molecule has 0 bridgehead atoms. The average molecular weight is 427 g/mol. The molecule has 0 aliphatic heterocycles. The minimum absolute atomic E-state index is 0.0950. The van der Waals surface area contributed by atoms with Crippen molar-refractivity contribution in [1.82, 2.24) is 0 Å². The molecule has 1 aliphatic rings. The first-order chi connectivity index (χ1) is 14.0. The summed E-state index contributed by atoms with van der Waals surface area (Å²) in [5.41, 5.74) is 7.41. The number of allylic oxidation sites excluding steroid dienone is 1. The van der Waals surface area contributed by atoms with Gasteiger partial charge in [0.2, 0.25) is 0 Å². The number of benzene rings is 1. The van der Waals surface area contributed by atoms with Crippen molar-refractivity contribution in [2.24, 2.45) is 29.6 Å². The fourth-order valence-electron chi connectivity index (χ4n) is 6.74. The third-order valence-electron chi connectivity index (χ3n) is 7.91. The van der Waals surface area contributed by atoms with Gasteiger partial charge in [-0.2, -0.15) is 0 Å². The fourth-order valence-corrected chi connectivity index (χ4v) is 6.74. The monoisotopic (exact) mass is 426 g/mol. The van der Waals surface area contributed by atoms with E-state index >= 15 is 0 Å². The first-order valence-electron chi connectivity index (χ1n) is 12.6. The first-order valence-corrected chi connectivity index (χ1v) is 12.6. The van der Waals surface area contributed by atoms with Gasteiger partial charge in [-0.05, 0) is 75.0 Å². The van der Waals surface area contributed by atoms with Gasteiger partial charge in [0, 0.05) is 11.1 Å². The van der Waals surface area contributed by atoms with E-state index in [-0.39, 0.29) is 10.8 Å². The van der Waals surface area contributed by atoms with E-state index < -0.39 is 0 Å². The van der Waals surface area contributed by atoms with Crippen LogP contribution in [-0.4, -0.2) is 5.11 Å². The molecule has 0 saturated heterocycles. The Bertz CT molecular complexity index is 827. The first kappa shape index (κ1) is 26.0. The molecule has 1 aromatic carbocycles. The van der Waals surface area contributed by atoms with Crippen LogP contribution in [0, 0.1) is 29.6 Å². The lowest BCUT2D eigenvalue weighted by Gasteiger charge is -2.51. The Balaban J connectivity index is 3.14. The van der Waals surface area contributed by atoms with E-state index in [9.17, 15) is 5.11 Å². The van der Waals surface area contributed by atoms with E-state index in [2.05, 4.69) is 96.6 Å². The topological polar surface area (TPSA) is 20.2 Å². The van der Waals surface area contributed by atoms with E-state index in [0.717, 1.165) is 12.0 Å². The summed E-state index contributed by atoms with van der Waals surface area (Å²) in [5, 5.41) is 12.0. The molecule has 2 atom stereocenters. The van der Waals surface area contributed by atoms with Crippen LogP contribution >= 0.6 is 0 Å². The average Bonchev–Trinajstić information content (AvgIpc) is 2.57. The van der Waals surface area contributed by atoms with Gasteiger partial charge in [-0.15, -0.1) is 0 Å². The predicted molar refractivity (Wildman–Crippen MR) is 138 cm³/mol. The van der Waals surface area contributed by atoms with Crippen LogP contribution in [0.4, 0.5) is 0 Å². The number of hydrogen-bond donors (Lipinski definition) is 1. The molecule has 176 valence electrons. The van der Waals surface area contributed by atoms with E-state index in [0.29, 0.717) is 41.3 Å². The normalized spacial score (nSPS) is 21.3. The molecule has 0 heterocycles. The maximum atomic E-state index is 12.0. The Morgan fingerprint density at radius 3 is 1.84 bits per heavy atom. The van der Waals surface area contributed by atoms with Gasteiger partial charge in [-0.3, -0.25) is 0 Å². The molecule has 0 saturated carbocycles. The van der Waals surface area contributed by atoms with Crippen molar-refractivity contribution in [3.05, 3.63) is 34.4 Å². The molecule has 1 aliphatic carbocycles. The second-order valence-corrected chi connectivity index (χ2v) is 13.1. The van der Waals surface area contributed by atoms with Crippen LogP contribution in [0.15, 0.2) is 6.58 Å². The molecule has 2 rings (SSSR count). The Morgan fingerprint density at radius 1 is 0.968 bits per heavy atom. The zero-order valence-corrected chi connectivity index (χ0v) is 22.8. The second-order valence-electron chi connectivity index (χ2n) is 13.1. The van der Waals surface area contributed by atoms with Crippen molar-refractivity contribution in [2.75, 3.05) is 0 Å². The van der Waals surface area contributed by atoms with Crippen molar-refractivity contribution in [2.45, 2.75) is 113 Å². The van der Waals surface area contributed by atoms with Gasteiger partial charge in [0.05, 0.1) is 0 Å². The molecule has 31 heavy (non-hydrogen) atoms. The SMILES string of the molecule is C=C(c1c2c(c(O)c(C(C)(C)C)c1C(C)C)C(C)(C)C(C(C)C)C(C(C)C)C2)C(C)C. The zero-order valence-electron chi connectivity index (χ0n) is 22.8. The number of rotatable bonds is 5. The zero-order chi connectivity index (χ0) is 24.2. The maximum Gasteiger partial charge on any atom is 0.123 e. The summed E-state index contributed by atoms with van der Waals surface area (Å²) < 4.78 is 0. The van der Waals surface area contributed by atoms with Crippen molar-refractivity contribution < 1.29 is 5.11 Å². The van der Waals surface area contributed by atoms with Gasteiger partial charge in [0.1, 0.15) is 5.75 Å². The fraction of sp³-hybridized carbons (Fsp3) is 0.733. The number of fused-ring (bicyclic) bond motifs is 1. The van der Waals surface area contributed by atoms with Crippen LogP contribution < -0.4 is 0 Å². The van der Waals surface area contributed by atoms with Crippen molar-refractivity contribution in [3.8, 4) is 5.75 Å². The summed E-state index contributed by atoms with van der Waals surface area (Å²) in [7, 11) is 0. The quantitative estimate of drug-likeness (QED) is 0.498. The molecular formula is C30H50O. The lowest BCUT2D eigenvalue weighted by molar-refractivity contribution is 0.0976. The van der Waals surface area contributed by atoms with Gasteiger partial charge < -0.3 is 5.11 Å². The number of aromatic hydroxyl groups is 1. The third-order valence-corrected chi connectivity index (χ3v) is 7.91. The van der Waals surface area contributed by atoms with Gasteiger partial charge in [0.15, 0.2) is 0 Å². The molecule has 1 N–H and O–H groups in total. The third kappa shape index (κ3) is 4.36. The standard InChI is InChI=1S/C30H50O/c1-16(2)20(9)24-22-15-21(17(3)4)25(19(7)8)30(13,14)26(22)28(31)27(29(10,11)12)23(24)18(5)6/h16-19,21,25,31H,9,15H2,1-8,10-14H3. The largest absolute Gasteiger partial charge is 0.507 e. The molecule has 0 fully saturated rings. The lowest BCUT2D eigenvalue weighted by atomic mass is 9.53. The van der Waals surface area contributed by atoms with Crippen molar-refractivity contribution in [3.63, 3.8) is 0 Å². The predicted octanol–water partition coefficient (Wildman–Crippen LogP) is 8.86. The molecule has 0 spiro atoms. The highest BCUT2D eigenvalue weighted by Crippen LogP contribution is 2.57. The highest BCUT2D eigenvalue weighted by Gasteiger charge is 2.49. The summed E-state index contributed by atoms with van der Waals surface area (Å²) in [6.07, 6.45) is 1.04. The summed E-state index contributed by atoms with van der Waals surface area (Å²) in [5.74, 6) is 3.57. The number of phenols is 1. The Labute approximate surface area is 193 Å². The summed E-state index contributed by atoms with van der Waals surface area (Å²) in [6.45, 7) is 34.7. The molecule has 2 unspecified atom stereocenters. The van der Waals surface area contributed by atoms with Gasteiger partial charge in [-0.1, -0.05) is 96.6 Å². The summed E-state index contributed by atoms with van der Waals surface area (Å²) in [6, 6.07) is 0. The van der Waals surface area contributed by atoms with Crippen molar-refractivity contribution in [1.29, 1.82) is 0 Å². The molecular weight excluding hydrogens is 376 g/mol. The van der Waals surface area contributed by atoms with Gasteiger partial charge >= 0.3 is 0 Å². The summed E-state index contributed by atoms with van der Waals surface area (Å²) in [4.78, 5) is 0. The van der Waals surface area contributed by atoms with Gasteiger partial charge in [-0.25, -0.2) is 0 Å². The van der Waals surface area contributed by atoms with Crippen molar-refractivity contribution >= 4 is 5.57 Å². The molecule has 0 radical (unpaired) electrons. The van der Waals surface area contributed by atoms with Gasteiger partial charge in [0.25, 0.3) is 0 Å². The number of phenolic OH excluding ortho intramolecular Hbond substituents is 1. The molecule has 1 heteroatoms. The molecule has 1 aromatic rings. The molecule has 0 amide bonds. The van der Waals surface area contributed by atoms with Crippen LogP contribution in [0.3, 0.4) is 0 Å². The highest BCUT2D eigenvalue weighted by atomic mass is 16.3. The minimum atomic E-state index is -0.136. The van der Waals surface area contributed by atoms with E-state index in [1.54, 1.807) is 0 Å². The van der Waals surface area contributed by atoms with Crippen LogP contribution in [0.2, 0.25) is 0 Å². The smallest absolute Gasteiger partial charge is 0.123 e.